The molecule has 1 amide bonds. The number of rotatable bonds is 3. The predicted octanol–water partition coefficient (Wildman–Crippen LogP) is 4.19. The van der Waals surface area contributed by atoms with E-state index in [0.29, 0.717) is 6.04 Å². The lowest BCUT2D eigenvalue weighted by Crippen LogP contribution is -2.52. The molecule has 0 bridgehead atoms. The van der Waals surface area contributed by atoms with Crippen LogP contribution in [0.25, 0.3) is 0 Å². The molecule has 0 aromatic rings. The highest BCUT2D eigenvalue weighted by Crippen LogP contribution is 2.29. The maximum Gasteiger partial charge on any atom is 0.410 e. The van der Waals surface area contributed by atoms with Crippen LogP contribution < -0.4 is 5.32 Å². The molecule has 4 unspecified atom stereocenters. The first kappa shape index (κ1) is 18.6. The summed E-state index contributed by atoms with van der Waals surface area (Å²) in [6, 6.07) is 0.879. The van der Waals surface area contributed by atoms with Gasteiger partial charge < -0.3 is 15.0 Å². The monoisotopic (exact) mass is 324 g/mol. The second kappa shape index (κ2) is 7.87. The van der Waals surface area contributed by atoms with E-state index in [1.54, 1.807) is 0 Å². The number of amides is 1. The third-order valence-corrected chi connectivity index (χ3v) is 5.33. The lowest BCUT2D eigenvalue weighted by atomic mass is 9.80. The van der Waals surface area contributed by atoms with Gasteiger partial charge >= 0.3 is 6.09 Å². The van der Waals surface area contributed by atoms with Gasteiger partial charge in [0.2, 0.25) is 0 Å². The minimum absolute atomic E-state index is 0.144. The summed E-state index contributed by atoms with van der Waals surface area (Å²) in [5.74, 6) is 1.56. The van der Waals surface area contributed by atoms with E-state index in [2.05, 4.69) is 19.2 Å². The quantitative estimate of drug-likeness (QED) is 0.846. The highest BCUT2D eigenvalue weighted by Gasteiger charge is 2.32. The Bertz CT molecular complexity index is 391. The van der Waals surface area contributed by atoms with Gasteiger partial charge in [0.05, 0.1) is 0 Å². The first-order valence-electron chi connectivity index (χ1n) is 9.49. The van der Waals surface area contributed by atoms with Crippen molar-refractivity contribution in [3.05, 3.63) is 0 Å². The topological polar surface area (TPSA) is 41.6 Å². The number of carbonyl (C=O) groups is 1. The number of carbonyl (C=O) groups excluding carboxylic acids is 1. The fraction of sp³-hybridized carbons (Fsp3) is 0.947. The van der Waals surface area contributed by atoms with Gasteiger partial charge in [0, 0.05) is 25.2 Å². The maximum absolute atomic E-state index is 12.5. The van der Waals surface area contributed by atoms with E-state index >= 15 is 0 Å². The predicted molar refractivity (Wildman–Crippen MR) is 94.5 cm³/mol. The third-order valence-electron chi connectivity index (χ3n) is 5.33. The fourth-order valence-electron chi connectivity index (χ4n) is 3.88. The van der Waals surface area contributed by atoms with Crippen LogP contribution in [-0.2, 0) is 4.74 Å². The lowest BCUT2D eigenvalue weighted by Gasteiger charge is -2.39. The van der Waals surface area contributed by atoms with Crippen LogP contribution in [0, 0.1) is 11.8 Å². The Kier molecular flexibility index (Phi) is 6.35. The molecular formula is C19H36N2O2. The highest BCUT2D eigenvalue weighted by atomic mass is 16.6. The molecule has 1 saturated carbocycles. The number of nitrogens with one attached hydrogen (secondary N) is 1. The first-order chi connectivity index (χ1) is 10.8. The largest absolute Gasteiger partial charge is 0.444 e. The average Bonchev–Trinajstić information content (AvgIpc) is 2.47. The molecule has 0 radical (unpaired) electrons. The van der Waals surface area contributed by atoms with Crippen LogP contribution in [0.15, 0.2) is 0 Å². The van der Waals surface area contributed by atoms with Crippen LogP contribution in [0.5, 0.6) is 0 Å². The number of hydrogen-bond donors (Lipinski definition) is 1. The van der Waals surface area contributed by atoms with E-state index in [1.165, 1.54) is 25.7 Å². The van der Waals surface area contributed by atoms with Crippen LogP contribution in [0.1, 0.15) is 73.1 Å². The van der Waals surface area contributed by atoms with Gasteiger partial charge in [-0.05, 0) is 64.7 Å². The number of ether oxygens (including phenoxy) is 1. The van der Waals surface area contributed by atoms with Crippen molar-refractivity contribution in [1.29, 1.82) is 0 Å². The van der Waals surface area contributed by atoms with Crippen LogP contribution in [0.3, 0.4) is 0 Å². The molecule has 1 aliphatic heterocycles. The van der Waals surface area contributed by atoms with E-state index in [4.69, 9.17) is 4.74 Å². The Morgan fingerprint density at radius 3 is 2.61 bits per heavy atom. The molecule has 2 fully saturated rings. The summed E-state index contributed by atoms with van der Waals surface area (Å²) in [4.78, 5) is 14.4. The van der Waals surface area contributed by atoms with Gasteiger partial charge in [-0.1, -0.05) is 20.3 Å². The molecule has 2 rings (SSSR count). The van der Waals surface area contributed by atoms with E-state index in [9.17, 15) is 4.79 Å². The van der Waals surface area contributed by atoms with Gasteiger partial charge in [0.25, 0.3) is 0 Å². The molecule has 0 spiro atoms. The zero-order valence-electron chi connectivity index (χ0n) is 15.7. The number of piperidine rings is 1. The summed E-state index contributed by atoms with van der Waals surface area (Å²) in [5, 5.41) is 3.77. The standard InChI is InChI=1S/C19H36N2O2/c1-14-9-10-15(2)17(12-14)20-13-16-8-6-7-11-21(16)18(22)23-19(3,4)5/h14-17,20H,6-13H2,1-5H3. The summed E-state index contributed by atoms with van der Waals surface area (Å²) in [6.07, 6.45) is 7.18. The summed E-state index contributed by atoms with van der Waals surface area (Å²) in [5.41, 5.74) is -0.417. The molecule has 1 aliphatic carbocycles. The normalized spacial score (nSPS) is 32.7. The molecule has 2 aliphatic rings. The second-order valence-electron chi connectivity index (χ2n) is 8.73. The third kappa shape index (κ3) is 5.66. The molecule has 134 valence electrons. The number of nitrogens with zero attached hydrogens (tertiary/aromatic N) is 1. The van der Waals surface area contributed by atoms with Crippen molar-refractivity contribution in [2.75, 3.05) is 13.1 Å². The maximum atomic E-state index is 12.5. The lowest BCUT2D eigenvalue weighted by molar-refractivity contribution is 0.00916. The molecule has 0 aromatic carbocycles. The van der Waals surface area contributed by atoms with E-state index < -0.39 is 5.60 Å². The minimum Gasteiger partial charge on any atom is -0.444 e. The van der Waals surface area contributed by atoms with Crippen molar-refractivity contribution >= 4 is 6.09 Å². The SMILES string of the molecule is CC1CCC(C)C(NCC2CCCCN2C(=O)OC(C)(C)C)C1. The summed E-state index contributed by atoms with van der Waals surface area (Å²) >= 11 is 0. The van der Waals surface area contributed by atoms with Crippen LogP contribution >= 0.6 is 0 Å². The van der Waals surface area contributed by atoms with E-state index in [0.717, 1.165) is 37.8 Å². The van der Waals surface area contributed by atoms with Crippen molar-refractivity contribution in [2.24, 2.45) is 11.8 Å². The molecular weight excluding hydrogens is 288 g/mol. The Balaban J connectivity index is 1.89. The van der Waals surface area contributed by atoms with Gasteiger partial charge in [-0.2, -0.15) is 0 Å². The number of hydrogen-bond acceptors (Lipinski definition) is 3. The van der Waals surface area contributed by atoms with Gasteiger partial charge in [0.1, 0.15) is 5.60 Å². The molecule has 1 heterocycles. The molecule has 23 heavy (non-hydrogen) atoms. The first-order valence-corrected chi connectivity index (χ1v) is 9.49. The van der Waals surface area contributed by atoms with Gasteiger partial charge in [-0.25, -0.2) is 4.79 Å². The van der Waals surface area contributed by atoms with Crippen LogP contribution in [0.2, 0.25) is 0 Å². The van der Waals surface area contributed by atoms with Crippen LogP contribution in [-0.4, -0.2) is 41.8 Å². The van der Waals surface area contributed by atoms with Crippen molar-refractivity contribution in [3.63, 3.8) is 0 Å². The summed E-state index contributed by atoms with van der Waals surface area (Å²) in [7, 11) is 0. The molecule has 4 atom stereocenters. The molecule has 4 nitrogen and oxygen atoms in total. The molecule has 4 heteroatoms. The van der Waals surface area contributed by atoms with Crippen molar-refractivity contribution in [1.82, 2.24) is 10.2 Å². The van der Waals surface area contributed by atoms with Crippen molar-refractivity contribution in [3.8, 4) is 0 Å². The Hall–Kier alpha value is -0.770. The van der Waals surface area contributed by atoms with E-state index in [-0.39, 0.29) is 12.1 Å². The highest BCUT2D eigenvalue weighted by molar-refractivity contribution is 5.68. The molecule has 1 saturated heterocycles. The smallest absolute Gasteiger partial charge is 0.410 e. The second-order valence-corrected chi connectivity index (χ2v) is 8.73. The zero-order chi connectivity index (χ0) is 17.0. The minimum atomic E-state index is -0.417. The van der Waals surface area contributed by atoms with E-state index in [1.807, 2.05) is 25.7 Å². The fourth-order valence-corrected chi connectivity index (χ4v) is 3.88. The zero-order valence-corrected chi connectivity index (χ0v) is 15.7. The van der Waals surface area contributed by atoms with Crippen molar-refractivity contribution in [2.45, 2.75) is 90.8 Å². The Labute approximate surface area is 142 Å². The molecule has 1 N–H and O–H groups in total. The molecule has 0 aromatic heterocycles. The van der Waals surface area contributed by atoms with Gasteiger partial charge in [-0.15, -0.1) is 0 Å². The Morgan fingerprint density at radius 1 is 1.17 bits per heavy atom. The average molecular weight is 325 g/mol. The van der Waals surface area contributed by atoms with Crippen LogP contribution in [0.4, 0.5) is 4.79 Å². The van der Waals surface area contributed by atoms with Gasteiger partial charge in [-0.3, -0.25) is 0 Å². The van der Waals surface area contributed by atoms with Crippen molar-refractivity contribution < 1.29 is 9.53 Å². The number of likely N-dealkylation sites (tertiary alicyclic amines) is 1. The van der Waals surface area contributed by atoms with Gasteiger partial charge in [0.15, 0.2) is 0 Å². The Morgan fingerprint density at radius 2 is 1.91 bits per heavy atom. The summed E-state index contributed by atoms with van der Waals surface area (Å²) < 4.78 is 5.60. The summed E-state index contributed by atoms with van der Waals surface area (Å²) in [6.45, 7) is 12.3.